The zero-order valence-corrected chi connectivity index (χ0v) is 13.7. The number of nitrogens with one attached hydrogen (secondary N) is 1. The standard InChI is InChI=1S/C17H25NO4/c1-6-7-10-22-13(3)17(19)18-12(2)15-9-8-14(20-4)11-16(15)21-5/h6,8-9,11-13H,1,7,10H2,2-5H3,(H,18,19)/t12-,13+/m1/s1. The van der Waals surface area contributed by atoms with Crippen molar-refractivity contribution in [1.82, 2.24) is 5.32 Å². The molecule has 2 atom stereocenters. The molecule has 0 saturated heterocycles. The van der Waals surface area contributed by atoms with Crippen LogP contribution in [0.1, 0.15) is 31.9 Å². The first kappa shape index (κ1) is 18.0. The third-order valence-corrected chi connectivity index (χ3v) is 3.32. The van der Waals surface area contributed by atoms with E-state index in [1.165, 1.54) is 0 Å². The van der Waals surface area contributed by atoms with Crippen molar-refractivity contribution in [1.29, 1.82) is 0 Å². The van der Waals surface area contributed by atoms with Crippen LogP contribution in [0.15, 0.2) is 30.9 Å². The number of carbonyl (C=O) groups excluding carboxylic acids is 1. The first-order chi connectivity index (χ1) is 10.5. The molecule has 1 N–H and O–H groups in total. The van der Waals surface area contributed by atoms with Crippen molar-refractivity contribution in [3.05, 3.63) is 36.4 Å². The fourth-order valence-electron chi connectivity index (χ4n) is 1.99. The van der Waals surface area contributed by atoms with Gasteiger partial charge in [-0.25, -0.2) is 0 Å². The highest BCUT2D eigenvalue weighted by Gasteiger charge is 2.19. The van der Waals surface area contributed by atoms with Crippen molar-refractivity contribution in [2.24, 2.45) is 0 Å². The summed E-state index contributed by atoms with van der Waals surface area (Å²) >= 11 is 0. The van der Waals surface area contributed by atoms with Crippen LogP contribution in [0.4, 0.5) is 0 Å². The molecule has 0 aromatic heterocycles. The van der Waals surface area contributed by atoms with Gasteiger partial charge in [-0.3, -0.25) is 4.79 Å². The van der Waals surface area contributed by atoms with Crippen LogP contribution in [0.5, 0.6) is 11.5 Å². The minimum atomic E-state index is -0.508. The van der Waals surface area contributed by atoms with Crippen LogP contribution in [-0.2, 0) is 9.53 Å². The lowest BCUT2D eigenvalue weighted by atomic mass is 10.1. The van der Waals surface area contributed by atoms with E-state index >= 15 is 0 Å². The molecule has 122 valence electrons. The number of ether oxygens (including phenoxy) is 3. The highest BCUT2D eigenvalue weighted by atomic mass is 16.5. The van der Waals surface area contributed by atoms with E-state index in [0.717, 1.165) is 12.0 Å². The minimum absolute atomic E-state index is 0.158. The smallest absolute Gasteiger partial charge is 0.249 e. The monoisotopic (exact) mass is 307 g/mol. The predicted octanol–water partition coefficient (Wildman–Crippen LogP) is 2.86. The molecule has 0 radical (unpaired) electrons. The van der Waals surface area contributed by atoms with Crippen LogP contribution < -0.4 is 14.8 Å². The van der Waals surface area contributed by atoms with Crippen LogP contribution >= 0.6 is 0 Å². The van der Waals surface area contributed by atoms with Gasteiger partial charge in [-0.05, 0) is 32.4 Å². The van der Waals surface area contributed by atoms with Crippen molar-refractivity contribution in [2.45, 2.75) is 32.4 Å². The van der Waals surface area contributed by atoms with Crippen molar-refractivity contribution >= 4 is 5.91 Å². The molecule has 0 aliphatic heterocycles. The van der Waals surface area contributed by atoms with E-state index in [1.54, 1.807) is 33.3 Å². The molecule has 0 saturated carbocycles. The Morgan fingerprint density at radius 3 is 2.64 bits per heavy atom. The zero-order valence-electron chi connectivity index (χ0n) is 13.7. The number of hydrogen-bond donors (Lipinski definition) is 1. The third kappa shape index (κ3) is 5.07. The lowest BCUT2D eigenvalue weighted by Gasteiger charge is -2.20. The van der Waals surface area contributed by atoms with Crippen LogP contribution in [0.25, 0.3) is 0 Å². The summed E-state index contributed by atoms with van der Waals surface area (Å²) < 4.78 is 16.0. The molecule has 0 unspecified atom stereocenters. The highest BCUT2D eigenvalue weighted by Crippen LogP contribution is 2.29. The minimum Gasteiger partial charge on any atom is -0.497 e. The quantitative estimate of drug-likeness (QED) is 0.563. The van der Waals surface area contributed by atoms with Gasteiger partial charge in [-0.15, -0.1) is 6.58 Å². The van der Waals surface area contributed by atoms with Crippen LogP contribution in [-0.4, -0.2) is 32.8 Å². The topological polar surface area (TPSA) is 56.8 Å². The number of methoxy groups -OCH3 is 2. The number of amides is 1. The number of rotatable bonds is 9. The zero-order chi connectivity index (χ0) is 16.5. The Kier molecular flexibility index (Phi) is 7.46. The van der Waals surface area contributed by atoms with E-state index in [2.05, 4.69) is 11.9 Å². The molecule has 0 heterocycles. The lowest BCUT2D eigenvalue weighted by Crippen LogP contribution is -2.36. The van der Waals surface area contributed by atoms with Gasteiger partial charge in [0.15, 0.2) is 0 Å². The highest BCUT2D eigenvalue weighted by molar-refractivity contribution is 5.80. The summed E-state index contributed by atoms with van der Waals surface area (Å²) in [6, 6.07) is 5.32. The normalized spacial score (nSPS) is 13.1. The largest absolute Gasteiger partial charge is 0.497 e. The van der Waals surface area contributed by atoms with Crippen LogP contribution in [0.3, 0.4) is 0 Å². The lowest BCUT2D eigenvalue weighted by molar-refractivity contribution is -0.132. The SMILES string of the molecule is C=CCCO[C@@H](C)C(=O)N[C@H](C)c1ccc(OC)cc1OC. The Labute approximate surface area is 132 Å². The molecule has 0 fully saturated rings. The van der Waals surface area contributed by atoms with Crippen LogP contribution in [0.2, 0.25) is 0 Å². The average Bonchev–Trinajstić information content (AvgIpc) is 2.53. The van der Waals surface area contributed by atoms with Crippen molar-refractivity contribution in [3.8, 4) is 11.5 Å². The fraction of sp³-hybridized carbons (Fsp3) is 0.471. The van der Waals surface area contributed by atoms with Crippen molar-refractivity contribution in [2.75, 3.05) is 20.8 Å². The number of benzene rings is 1. The maximum absolute atomic E-state index is 12.1. The molecule has 0 aliphatic rings. The molecule has 5 nitrogen and oxygen atoms in total. The Bertz CT molecular complexity index is 501. The van der Waals surface area contributed by atoms with Crippen LogP contribution in [0, 0.1) is 0 Å². The predicted molar refractivity (Wildman–Crippen MR) is 86.3 cm³/mol. The second-order valence-corrected chi connectivity index (χ2v) is 4.93. The summed E-state index contributed by atoms with van der Waals surface area (Å²) in [5.74, 6) is 1.22. The number of carbonyl (C=O) groups is 1. The summed E-state index contributed by atoms with van der Waals surface area (Å²) in [6.45, 7) is 7.74. The molecule has 0 spiro atoms. The van der Waals surface area contributed by atoms with Crippen molar-refractivity contribution in [3.63, 3.8) is 0 Å². The van der Waals surface area contributed by atoms with Gasteiger partial charge in [0, 0.05) is 11.6 Å². The maximum Gasteiger partial charge on any atom is 0.249 e. The first-order valence-corrected chi connectivity index (χ1v) is 7.28. The van der Waals surface area contributed by atoms with Gasteiger partial charge >= 0.3 is 0 Å². The molecule has 0 aliphatic carbocycles. The van der Waals surface area contributed by atoms with Gasteiger partial charge in [-0.2, -0.15) is 0 Å². The molecular formula is C17H25NO4. The van der Waals surface area contributed by atoms with E-state index < -0.39 is 6.10 Å². The fourth-order valence-corrected chi connectivity index (χ4v) is 1.99. The molecule has 0 bridgehead atoms. The molecule has 1 rings (SSSR count). The van der Waals surface area contributed by atoms with Gasteiger partial charge in [0.05, 0.1) is 26.9 Å². The Balaban J connectivity index is 2.69. The molecule has 22 heavy (non-hydrogen) atoms. The van der Waals surface area contributed by atoms with Gasteiger partial charge in [0.2, 0.25) is 5.91 Å². The average molecular weight is 307 g/mol. The summed E-state index contributed by atoms with van der Waals surface area (Å²) in [6.07, 6.45) is 1.97. The van der Waals surface area contributed by atoms with E-state index in [1.807, 2.05) is 19.1 Å². The van der Waals surface area contributed by atoms with E-state index in [9.17, 15) is 4.79 Å². The first-order valence-electron chi connectivity index (χ1n) is 7.28. The third-order valence-electron chi connectivity index (χ3n) is 3.32. The molecule has 5 heteroatoms. The molecule has 1 amide bonds. The van der Waals surface area contributed by atoms with E-state index in [0.29, 0.717) is 18.1 Å². The van der Waals surface area contributed by atoms with E-state index in [4.69, 9.17) is 14.2 Å². The molecule has 1 aromatic carbocycles. The maximum atomic E-state index is 12.1. The summed E-state index contributed by atoms with van der Waals surface area (Å²) in [7, 11) is 3.19. The van der Waals surface area contributed by atoms with E-state index in [-0.39, 0.29) is 11.9 Å². The second-order valence-electron chi connectivity index (χ2n) is 4.93. The van der Waals surface area contributed by atoms with Gasteiger partial charge in [-0.1, -0.05) is 6.08 Å². The second kappa shape index (κ2) is 9.10. The van der Waals surface area contributed by atoms with Gasteiger partial charge < -0.3 is 19.5 Å². The van der Waals surface area contributed by atoms with Gasteiger partial charge in [0.25, 0.3) is 0 Å². The Morgan fingerprint density at radius 2 is 2.05 bits per heavy atom. The van der Waals surface area contributed by atoms with Gasteiger partial charge in [0.1, 0.15) is 17.6 Å². The molecule has 1 aromatic rings. The summed E-state index contributed by atoms with van der Waals surface area (Å²) in [5, 5.41) is 2.92. The van der Waals surface area contributed by atoms with Crippen molar-refractivity contribution < 1.29 is 19.0 Å². The Morgan fingerprint density at radius 1 is 1.32 bits per heavy atom. The number of hydrogen-bond acceptors (Lipinski definition) is 4. The summed E-state index contributed by atoms with van der Waals surface area (Å²) in [5.41, 5.74) is 0.884. The Hall–Kier alpha value is -2.01. The molecular weight excluding hydrogens is 282 g/mol. The summed E-state index contributed by atoms with van der Waals surface area (Å²) in [4.78, 5) is 12.1.